The van der Waals surface area contributed by atoms with E-state index < -0.39 is 18.6 Å². The van der Waals surface area contributed by atoms with Gasteiger partial charge in [0.2, 0.25) is 0 Å². The van der Waals surface area contributed by atoms with Gasteiger partial charge < -0.3 is 30.5 Å². The predicted octanol–water partition coefficient (Wildman–Crippen LogP) is 2.21. The molecule has 1 unspecified atom stereocenters. The lowest BCUT2D eigenvalue weighted by Crippen LogP contribution is -2.50. The normalized spacial score (nSPS) is 15.3. The lowest BCUT2D eigenvalue weighted by Gasteiger charge is -2.27. The lowest BCUT2D eigenvalue weighted by molar-refractivity contribution is -0.144. The van der Waals surface area contributed by atoms with E-state index in [1.54, 1.807) is 14.2 Å². The number of carboxylic acids is 1. The average molecular weight is 378 g/mol. The van der Waals surface area contributed by atoms with Gasteiger partial charge in [0.05, 0.1) is 0 Å². The first kappa shape index (κ1) is 30.1. The van der Waals surface area contributed by atoms with Crippen LogP contribution in [0.25, 0.3) is 0 Å². The summed E-state index contributed by atoms with van der Waals surface area (Å²) in [7, 11) is 1.93. The van der Waals surface area contributed by atoms with Gasteiger partial charge in [0.25, 0.3) is 0 Å². The van der Waals surface area contributed by atoms with Crippen molar-refractivity contribution in [2.45, 2.75) is 78.1 Å². The number of methoxy groups -OCH3 is 1. The maximum absolute atomic E-state index is 11.3. The van der Waals surface area contributed by atoms with E-state index in [-0.39, 0.29) is 6.32 Å². The average Bonchev–Trinajstić information content (AvgIpc) is 3.14. The van der Waals surface area contributed by atoms with Gasteiger partial charge in [-0.3, -0.25) is 4.79 Å². The third-order valence-corrected chi connectivity index (χ3v) is 3.83. The van der Waals surface area contributed by atoms with Crippen LogP contribution in [0.15, 0.2) is 0 Å². The predicted molar refractivity (Wildman–Crippen MR) is 109 cm³/mol. The molecule has 1 fully saturated rings. The third kappa shape index (κ3) is 16.8. The fourth-order valence-electron chi connectivity index (χ4n) is 2.47. The van der Waals surface area contributed by atoms with E-state index in [2.05, 4.69) is 9.64 Å². The Morgan fingerprint density at radius 3 is 1.92 bits per heavy atom. The van der Waals surface area contributed by atoms with E-state index in [1.165, 1.54) is 12.8 Å². The minimum Gasteiger partial charge on any atom is -0.480 e. The van der Waals surface area contributed by atoms with Crippen molar-refractivity contribution in [3.05, 3.63) is 0 Å². The second kappa shape index (κ2) is 20.6. The molecule has 1 atom stereocenters. The number of hydrogen-bond donors (Lipinski definition) is 4. The Balaban J connectivity index is -0.000000663. The summed E-state index contributed by atoms with van der Waals surface area (Å²) >= 11 is 0. The number of rotatable bonds is 9. The summed E-state index contributed by atoms with van der Waals surface area (Å²) in [6.45, 7) is 10.8. The van der Waals surface area contributed by atoms with Crippen molar-refractivity contribution < 1.29 is 24.7 Å². The topological polar surface area (TPSA) is 116 Å². The summed E-state index contributed by atoms with van der Waals surface area (Å²) in [5.41, 5.74) is 4.79. The molecule has 158 valence electrons. The van der Waals surface area contributed by atoms with Crippen LogP contribution in [0.4, 0.5) is 0 Å². The number of nitrogens with zero attached hydrogens (tertiary/aromatic N) is 1. The maximum Gasteiger partial charge on any atom is 0.451 e. The van der Waals surface area contributed by atoms with Crippen molar-refractivity contribution in [1.29, 1.82) is 0 Å². The van der Waals surface area contributed by atoms with E-state index in [0.717, 1.165) is 19.6 Å². The zero-order chi connectivity index (χ0) is 21.0. The Labute approximate surface area is 161 Å². The fraction of sp³-hybridized carbons (Fsp3) is 0.944. The van der Waals surface area contributed by atoms with Crippen molar-refractivity contribution in [3.8, 4) is 0 Å². The largest absolute Gasteiger partial charge is 0.480 e. The van der Waals surface area contributed by atoms with Gasteiger partial charge in [-0.05, 0) is 45.1 Å². The Kier molecular flexibility index (Phi) is 23.9. The van der Waals surface area contributed by atoms with Gasteiger partial charge >= 0.3 is 13.1 Å². The first-order valence-electron chi connectivity index (χ1n) is 9.86. The van der Waals surface area contributed by atoms with E-state index in [0.29, 0.717) is 25.7 Å². The molecule has 0 saturated carbocycles. The SMILES string of the molecule is CC.CC.COC.NC(CCCCB(O)O)(CCN1CCCC1)C(=O)O. The second-order valence-corrected chi connectivity index (χ2v) is 5.89. The first-order chi connectivity index (χ1) is 12.4. The summed E-state index contributed by atoms with van der Waals surface area (Å²) in [5.74, 6) is -0.962. The number of hydrogen-bond acceptors (Lipinski definition) is 6. The monoisotopic (exact) mass is 378 g/mol. The standard InChI is InChI=1S/C12H25BN2O4.C2H6O.2C2H6/c14-12(11(16)17,5-1-2-7-13(18)19)6-10-15-8-3-4-9-15;1-3-2;2*1-2/h18-19H,1-10,14H2,(H,16,17);1-2H3;2*1-2H3. The summed E-state index contributed by atoms with van der Waals surface area (Å²) < 4.78 is 4.25. The molecule has 0 aromatic rings. The molecule has 0 aliphatic carbocycles. The van der Waals surface area contributed by atoms with Crippen molar-refractivity contribution in [1.82, 2.24) is 4.90 Å². The van der Waals surface area contributed by atoms with Crippen LogP contribution in [0.1, 0.15) is 66.2 Å². The number of likely N-dealkylation sites (tertiary alicyclic amines) is 1. The maximum atomic E-state index is 11.3. The van der Waals surface area contributed by atoms with Gasteiger partial charge in [-0.1, -0.05) is 40.5 Å². The summed E-state index contributed by atoms with van der Waals surface area (Å²) in [5, 5.41) is 26.8. The van der Waals surface area contributed by atoms with E-state index in [9.17, 15) is 9.90 Å². The molecular formula is C18H43BN2O5. The van der Waals surface area contributed by atoms with E-state index in [1.807, 2.05) is 27.7 Å². The molecule has 7 nitrogen and oxygen atoms in total. The van der Waals surface area contributed by atoms with Crippen molar-refractivity contribution >= 4 is 13.1 Å². The van der Waals surface area contributed by atoms with Gasteiger partial charge in [0.15, 0.2) is 0 Å². The van der Waals surface area contributed by atoms with Gasteiger partial charge in [0.1, 0.15) is 5.54 Å². The van der Waals surface area contributed by atoms with Crippen LogP contribution < -0.4 is 5.73 Å². The zero-order valence-corrected chi connectivity index (χ0v) is 17.8. The molecule has 8 heteroatoms. The first-order valence-corrected chi connectivity index (χ1v) is 9.86. The molecule has 1 heterocycles. The Morgan fingerprint density at radius 2 is 1.54 bits per heavy atom. The van der Waals surface area contributed by atoms with Crippen LogP contribution in [0, 0.1) is 0 Å². The minimum absolute atomic E-state index is 0.266. The molecular weight excluding hydrogens is 335 g/mol. The molecule has 1 rings (SSSR count). The molecule has 1 saturated heterocycles. The van der Waals surface area contributed by atoms with Crippen LogP contribution in [0.3, 0.4) is 0 Å². The molecule has 0 bridgehead atoms. The number of aliphatic carboxylic acids is 1. The number of carbonyl (C=O) groups is 1. The molecule has 0 radical (unpaired) electrons. The number of unbranched alkanes of at least 4 members (excludes halogenated alkanes) is 1. The van der Waals surface area contributed by atoms with E-state index in [4.69, 9.17) is 15.8 Å². The molecule has 1 aliphatic rings. The minimum atomic E-state index is -1.32. The zero-order valence-electron chi connectivity index (χ0n) is 17.8. The lowest BCUT2D eigenvalue weighted by atomic mass is 9.81. The molecule has 5 N–H and O–H groups in total. The number of carboxylic acid groups (broad SMARTS) is 1. The van der Waals surface area contributed by atoms with Gasteiger partial charge in [0, 0.05) is 20.8 Å². The van der Waals surface area contributed by atoms with Crippen LogP contribution >= 0.6 is 0 Å². The molecule has 26 heavy (non-hydrogen) atoms. The third-order valence-electron chi connectivity index (χ3n) is 3.83. The Morgan fingerprint density at radius 1 is 1.08 bits per heavy atom. The smallest absolute Gasteiger partial charge is 0.451 e. The summed E-state index contributed by atoms with van der Waals surface area (Å²) in [6, 6.07) is 0. The highest BCUT2D eigenvalue weighted by molar-refractivity contribution is 6.40. The van der Waals surface area contributed by atoms with Crippen LogP contribution in [0.5, 0.6) is 0 Å². The highest BCUT2D eigenvalue weighted by atomic mass is 16.4. The van der Waals surface area contributed by atoms with Gasteiger partial charge in [-0.15, -0.1) is 0 Å². The van der Waals surface area contributed by atoms with Gasteiger partial charge in [-0.2, -0.15) is 0 Å². The van der Waals surface area contributed by atoms with Crippen LogP contribution in [0.2, 0.25) is 6.32 Å². The van der Waals surface area contributed by atoms with Gasteiger partial charge in [-0.25, -0.2) is 0 Å². The van der Waals surface area contributed by atoms with Crippen molar-refractivity contribution in [2.75, 3.05) is 33.9 Å². The Hall–Kier alpha value is -0.665. The van der Waals surface area contributed by atoms with Crippen LogP contribution in [-0.4, -0.2) is 72.5 Å². The number of nitrogens with two attached hydrogens (primary N) is 1. The molecule has 0 aromatic heterocycles. The van der Waals surface area contributed by atoms with Crippen molar-refractivity contribution in [3.63, 3.8) is 0 Å². The summed E-state index contributed by atoms with van der Waals surface area (Å²) in [4.78, 5) is 13.6. The Bertz CT molecular complexity index is 303. The fourth-order valence-corrected chi connectivity index (χ4v) is 2.47. The highest BCUT2D eigenvalue weighted by Gasteiger charge is 2.33. The quantitative estimate of drug-likeness (QED) is 0.359. The molecule has 0 aromatic carbocycles. The number of ether oxygens (including phenoxy) is 1. The van der Waals surface area contributed by atoms with E-state index >= 15 is 0 Å². The second-order valence-electron chi connectivity index (χ2n) is 5.89. The van der Waals surface area contributed by atoms with Crippen LogP contribution in [-0.2, 0) is 9.53 Å². The van der Waals surface area contributed by atoms with Crippen molar-refractivity contribution in [2.24, 2.45) is 5.73 Å². The summed E-state index contributed by atoms with van der Waals surface area (Å²) in [6.07, 6.45) is 4.63. The molecule has 0 spiro atoms. The molecule has 0 amide bonds. The highest BCUT2D eigenvalue weighted by Crippen LogP contribution is 2.19. The molecule has 1 aliphatic heterocycles.